The van der Waals surface area contributed by atoms with E-state index in [0.717, 1.165) is 94.4 Å². The number of carboxylic acid groups (broad SMARTS) is 2. The number of thiocarbonyl (C=S) groups is 1. The van der Waals surface area contributed by atoms with E-state index in [4.69, 9.17) is 17.3 Å². The van der Waals surface area contributed by atoms with E-state index in [1.54, 1.807) is 6.08 Å². The van der Waals surface area contributed by atoms with Gasteiger partial charge in [-0.25, -0.2) is 0 Å². The maximum absolute atomic E-state index is 13.8. The number of fused-ring (bicyclic) bond motifs is 3. The minimum Gasteiger partial charge on any atom is -0.481 e. The normalized spacial score (nSPS) is 18.3. The van der Waals surface area contributed by atoms with E-state index in [0.29, 0.717) is 40.2 Å². The first-order valence-electron chi connectivity index (χ1n) is 19.9. The lowest BCUT2D eigenvalue weighted by Crippen LogP contribution is -2.35. The number of anilines is 2. The van der Waals surface area contributed by atoms with Crippen molar-refractivity contribution in [1.29, 1.82) is 0 Å². The minimum absolute atomic E-state index is 0.109. The topological polar surface area (TPSA) is 120 Å². The highest BCUT2D eigenvalue weighted by atomic mass is 32.2. The van der Waals surface area contributed by atoms with Gasteiger partial charge in [-0.2, -0.15) is 0 Å². The molecule has 12 heteroatoms. The van der Waals surface area contributed by atoms with Gasteiger partial charge >= 0.3 is 11.9 Å². The molecule has 3 aliphatic rings. The Morgan fingerprint density at radius 3 is 2.15 bits per heavy atom. The van der Waals surface area contributed by atoms with Crippen LogP contribution in [-0.4, -0.2) is 54.4 Å². The van der Waals surface area contributed by atoms with Gasteiger partial charge in [0.25, 0.3) is 11.5 Å². The molecule has 2 fully saturated rings. The average molecular weight is 842 g/mol. The van der Waals surface area contributed by atoms with E-state index in [-0.39, 0.29) is 21.9 Å². The van der Waals surface area contributed by atoms with Crippen molar-refractivity contribution in [3.8, 4) is 0 Å². The summed E-state index contributed by atoms with van der Waals surface area (Å²) in [7, 11) is 0. The van der Waals surface area contributed by atoms with Crippen molar-refractivity contribution in [3.05, 3.63) is 150 Å². The predicted octanol–water partition coefficient (Wildman–Crippen LogP) is 8.20. The van der Waals surface area contributed by atoms with Crippen LogP contribution in [0.1, 0.15) is 85.1 Å². The molecule has 0 bridgehead atoms. The molecule has 4 aromatic carbocycles. The van der Waals surface area contributed by atoms with E-state index >= 15 is 0 Å². The molecule has 59 heavy (non-hydrogen) atoms. The third-order valence-electron chi connectivity index (χ3n) is 11.2. The molecule has 1 aliphatic carbocycles. The number of rotatable bonds is 14. The number of unbranched alkanes of at least 4 members (excludes halogenated alkanes) is 3. The monoisotopic (exact) mass is 841 g/mol. The number of hydrogen-bond acceptors (Lipinski definition) is 8. The van der Waals surface area contributed by atoms with E-state index in [9.17, 15) is 24.3 Å². The summed E-state index contributed by atoms with van der Waals surface area (Å²) in [6, 6.07) is 36.3. The number of carbonyl (C=O) groups is 3. The molecule has 1 saturated carbocycles. The summed E-state index contributed by atoms with van der Waals surface area (Å²) < 4.78 is 2.15. The fourth-order valence-corrected chi connectivity index (χ4v) is 11.1. The zero-order valence-corrected chi connectivity index (χ0v) is 34.7. The van der Waals surface area contributed by atoms with Gasteiger partial charge in [0.1, 0.15) is 20.4 Å². The molecule has 1 aromatic heterocycles. The van der Waals surface area contributed by atoms with Gasteiger partial charge in [-0.3, -0.25) is 28.6 Å². The Kier molecular flexibility index (Phi) is 12.1. The number of benzene rings is 4. The molecule has 1 amide bonds. The number of hydrogen-bond donors (Lipinski definition) is 2. The van der Waals surface area contributed by atoms with Crippen LogP contribution in [0.2, 0.25) is 0 Å². The Hall–Kier alpha value is -5.56. The zero-order valence-electron chi connectivity index (χ0n) is 32.3. The first kappa shape index (κ1) is 40.2. The van der Waals surface area contributed by atoms with Gasteiger partial charge in [0, 0.05) is 36.3 Å². The second kappa shape index (κ2) is 17.7. The number of amides is 1. The van der Waals surface area contributed by atoms with Crippen LogP contribution in [-0.2, 0) is 20.9 Å². The first-order valence-corrected chi connectivity index (χ1v) is 22.0. The van der Waals surface area contributed by atoms with Crippen molar-refractivity contribution in [2.24, 2.45) is 0 Å². The van der Waals surface area contributed by atoms with Gasteiger partial charge in [0.2, 0.25) is 0 Å². The minimum atomic E-state index is -1.18. The summed E-state index contributed by atoms with van der Waals surface area (Å²) in [5.41, 5.74) is 8.50. The van der Waals surface area contributed by atoms with Crippen LogP contribution in [0.3, 0.4) is 0 Å². The van der Waals surface area contributed by atoms with E-state index in [2.05, 4.69) is 95.9 Å². The van der Waals surface area contributed by atoms with Gasteiger partial charge < -0.3 is 15.1 Å². The van der Waals surface area contributed by atoms with Crippen molar-refractivity contribution >= 4 is 91.5 Å². The molecule has 2 unspecified atom stereocenters. The van der Waals surface area contributed by atoms with Crippen molar-refractivity contribution in [3.63, 3.8) is 0 Å². The average Bonchev–Trinajstić information content (AvgIpc) is 3.98. The Balaban J connectivity index is 1.08. The fourth-order valence-electron chi connectivity index (χ4n) is 8.50. The summed E-state index contributed by atoms with van der Waals surface area (Å²) in [5.74, 6) is -2.02. The predicted molar refractivity (Wildman–Crippen MR) is 240 cm³/mol. The van der Waals surface area contributed by atoms with Crippen LogP contribution >= 0.6 is 35.3 Å². The SMILES string of the molecule is O=C(O)CCCCCCN1C(=O)/C(=c2\s/c(=C\c3ccc4c(c3)C3CCCC3N4c3ccc(C=C(c4ccccc4)c4ccccc4)cc3)c(=O)n2CC(=O)O)SC1=S. The van der Waals surface area contributed by atoms with E-state index in [1.165, 1.54) is 15.0 Å². The van der Waals surface area contributed by atoms with Crippen LogP contribution in [0.15, 0.2) is 108 Å². The van der Waals surface area contributed by atoms with Crippen LogP contribution < -0.4 is 19.7 Å². The van der Waals surface area contributed by atoms with Gasteiger partial charge in [-0.05, 0) is 95.5 Å². The lowest BCUT2D eigenvalue weighted by molar-refractivity contribution is -0.138. The molecule has 0 spiro atoms. The Morgan fingerprint density at radius 1 is 0.797 bits per heavy atom. The molecule has 300 valence electrons. The molecular weight excluding hydrogens is 799 g/mol. The molecule has 2 N–H and O–H groups in total. The maximum atomic E-state index is 13.8. The zero-order chi connectivity index (χ0) is 41.0. The highest BCUT2D eigenvalue weighted by molar-refractivity contribution is 8.30. The van der Waals surface area contributed by atoms with Gasteiger partial charge in [-0.15, -0.1) is 11.3 Å². The number of carboxylic acids is 2. The van der Waals surface area contributed by atoms with Crippen LogP contribution in [0.4, 0.5) is 11.4 Å². The van der Waals surface area contributed by atoms with Crippen LogP contribution in [0.25, 0.3) is 22.6 Å². The van der Waals surface area contributed by atoms with Crippen LogP contribution in [0.5, 0.6) is 0 Å². The summed E-state index contributed by atoms with van der Waals surface area (Å²) in [4.78, 5) is 54.4. The quantitative estimate of drug-likeness (QED) is 0.0648. The lowest BCUT2D eigenvalue weighted by atomic mass is 9.95. The van der Waals surface area contributed by atoms with Crippen LogP contribution in [0, 0.1) is 0 Å². The number of nitrogens with zero attached hydrogens (tertiary/aromatic N) is 3. The molecule has 3 heterocycles. The molecular formula is C47H43N3O6S3. The summed E-state index contributed by atoms with van der Waals surface area (Å²) >= 11 is 7.75. The highest BCUT2D eigenvalue weighted by Gasteiger charge is 2.42. The van der Waals surface area contributed by atoms with Crippen molar-refractivity contribution < 1.29 is 24.6 Å². The third-order valence-corrected chi connectivity index (χ3v) is 13.9. The fraction of sp³-hybridized carbons (Fsp3) is 0.255. The lowest BCUT2D eigenvalue weighted by Gasteiger charge is -2.27. The van der Waals surface area contributed by atoms with E-state index < -0.39 is 24.0 Å². The molecule has 9 nitrogen and oxygen atoms in total. The van der Waals surface area contributed by atoms with Crippen molar-refractivity contribution in [1.82, 2.24) is 9.47 Å². The van der Waals surface area contributed by atoms with Crippen molar-refractivity contribution in [2.45, 2.75) is 69.9 Å². The summed E-state index contributed by atoms with van der Waals surface area (Å²) in [6.45, 7) is -0.211. The number of thioether (sulfide) groups is 1. The molecule has 1 saturated heterocycles. The smallest absolute Gasteiger partial charge is 0.323 e. The standard InChI is InChI=1S/C47H43N3O6S3/c51-41(52)18-9-1-2-10-25-48-45(56)43(59-47(48)57)46-49(29-42(53)54)44(55)40(58-46)28-31-21-24-39-37(27-31)35-16-11-17-38(35)50(39)34-22-19-30(20-23-34)26-36(32-12-5-3-6-13-32)33-14-7-4-8-15-33/h3-8,12-15,19-24,26-28,35,38H,1-2,9-11,16-18,25,29H2,(H,51,52)(H,53,54)/b40-28-,46-43+. The molecule has 8 rings (SSSR count). The third kappa shape index (κ3) is 8.62. The summed E-state index contributed by atoms with van der Waals surface area (Å²) in [6.07, 6.45) is 10.1. The number of aromatic nitrogens is 1. The number of carbonyl (C=O) groups excluding carboxylic acids is 1. The second-order valence-corrected chi connectivity index (χ2v) is 17.8. The Labute approximate surface area is 355 Å². The Bertz CT molecular complexity index is 2600. The Morgan fingerprint density at radius 2 is 1.47 bits per heavy atom. The van der Waals surface area contributed by atoms with Crippen molar-refractivity contribution in [2.75, 3.05) is 11.4 Å². The van der Waals surface area contributed by atoms with Gasteiger partial charge in [-0.1, -0.05) is 122 Å². The second-order valence-electron chi connectivity index (χ2n) is 15.1. The molecule has 5 aromatic rings. The number of aliphatic carboxylic acids is 2. The molecule has 2 atom stereocenters. The molecule has 2 aliphatic heterocycles. The highest BCUT2D eigenvalue weighted by Crippen LogP contribution is 2.52. The maximum Gasteiger partial charge on any atom is 0.323 e. The molecule has 0 radical (unpaired) electrons. The first-order chi connectivity index (χ1) is 28.7. The van der Waals surface area contributed by atoms with Gasteiger partial charge in [0.05, 0.1) is 4.53 Å². The van der Waals surface area contributed by atoms with Gasteiger partial charge in [0.15, 0.2) is 0 Å². The van der Waals surface area contributed by atoms with E-state index in [1.807, 2.05) is 18.2 Å². The summed E-state index contributed by atoms with van der Waals surface area (Å²) in [5, 5.41) is 18.6. The largest absolute Gasteiger partial charge is 0.481 e. The number of thiazole rings is 1.